The van der Waals surface area contributed by atoms with Crippen LogP contribution in [0, 0.1) is 20.8 Å². The Morgan fingerprint density at radius 3 is 0.898 bits per heavy atom. The molecule has 3 aromatic heterocycles. The zero-order valence-electron chi connectivity index (χ0n) is 78.6. The molecule has 0 atom stereocenters. The van der Waals surface area contributed by atoms with Gasteiger partial charge in [0.15, 0.2) is 16.7 Å². The van der Waals surface area contributed by atoms with Crippen molar-refractivity contribution in [1.82, 2.24) is 0 Å². The largest absolute Gasteiger partial charge is 0.454 e. The highest BCUT2D eigenvalue weighted by molar-refractivity contribution is 6.24. The normalized spacial score (nSPS) is 12.9. The molecule has 4 aliphatic rings. The average molecular weight is 1890 g/mol. The molecule has 8 nitrogen and oxygen atoms in total. The summed E-state index contributed by atoms with van der Waals surface area (Å²) in [5, 5.41) is 16.1. The highest BCUT2D eigenvalue weighted by Crippen LogP contribution is 2.71. The Kier molecular flexibility index (Phi) is 21.4. The van der Waals surface area contributed by atoms with E-state index in [1.807, 2.05) is 0 Å². The van der Waals surface area contributed by atoms with Crippen molar-refractivity contribution in [3.8, 4) is 22.3 Å². The molecule has 2 aliphatic carbocycles. The number of para-hydroxylation sites is 15. The number of nitrogens with zero attached hydrogens (tertiary/aromatic N) is 5. The fourth-order valence-corrected chi connectivity index (χ4v) is 25.2. The van der Waals surface area contributed by atoms with Gasteiger partial charge in [0, 0.05) is 76.9 Å². The highest BCUT2D eigenvalue weighted by Gasteiger charge is 2.56. The molecule has 8 heteroatoms. The van der Waals surface area contributed by atoms with Gasteiger partial charge in [0.05, 0.1) is 67.7 Å². The molecule has 0 saturated heterocycles. The molecule has 0 unspecified atom stereocenters. The van der Waals surface area contributed by atoms with Crippen LogP contribution in [-0.4, -0.2) is 0 Å². The molecule has 5 heterocycles. The third-order valence-electron chi connectivity index (χ3n) is 31.0. The minimum Gasteiger partial charge on any atom is -0.454 e. The second kappa shape index (κ2) is 35.0. The molecule has 2 spiro atoms. The van der Waals surface area contributed by atoms with Gasteiger partial charge in [-0.1, -0.05) is 394 Å². The highest BCUT2D eigenvalue weighted by atomic mass is 16.3. The molecular weight excluding hydrogens is 1790 g/mol. The Morgan fingerprint density at radius 1 is 0.184 bits per heavy atom. The van der Waals surface area contributed by atoms with Crippen molar-refractivity contribution >= 4 is 194 Å². The lowest BCUT2D eigenvalue weighted by Gasteiger charge is -2.45. The zero-order chi connectivity index (χ0) is 94.4. The number of hydrogen-bond acceptors (Lipinski definition) is 8. The SMILES string of the molecule is C.C.C.C.Cc1cccc2c1oc1c(N(c3ccccc3)c3cc4c(c5ccccc35)-c3c(ccc5ccccc35)C43c4ccccc4N(c4ccccc4)c4ccccc43)cccc12.Cc1ccccc1N(c1cc2c(c3ccccc13)-c1c(cc(N(c3ccccc3C)c3cccc4c3oc3ccccc34)c3ccccc13)C21c2ccccc2N(c2ccccc2)c2ccccc21)c1cccc2c1oc1ccccc12. The summed E-state index contributed by atoms with van der Waals surface area (Å²) in [5.41, 5.74) is 38.3. The van der Waals surface area contributed by atoms with Crippen LogP contribution in [-0.2, 0) is 10.8 Å². The van der Waals surface area contributed by atoms with E-state index in [4.69, 9.17) is 13.3 Å². The first-order valence-electron chi connectivity index (χ1n) is 49.4. The lowest BCUT2D eigenvalue weighted by molar-refractivity contribution is 0.666. The Labute approximate surface area is 856 Å². The quantitative estimate of drug-likeness (QED) is 0.127. The van der Waals surface area contributed by atoms with Crippen LogP contribution in [0.4, 0.5) is 85.3 Å². The van der Waals surface area contributed by atoms with Gasteiger partial charge >= 0.3 is 0 Å². The van der Waals surface area contributed by atoms with E-state index in [1.54, 1.807) is 0 Å². The summed E-state index contributed by atoms with van der Waals surface area (Å²) in [7, 11) is 0. The van der Waals surface area contributed by atoms with Gasteiger partial charge in [0.2, 0.25) is 0 Å². The van der Waals surface area contributed by atoms with Gasteiger partial charge in [-0.15, -0.1) is 0 Å². The fraction of sp³-hybridized carbons (Fsp3) is 0.0647. The number of anilines is 15. The van der Waals surface area contributed by atoms with Crippen molar-refractivity contribution < 1.29 is 13.3 Å². The van der Waals surface area contributed by atoms with Crippen LogP contribution in [0.25, 0.3) is 131 Å². The molecule has 147 heavy (non-hydrogen) atoms. The maximum absolute atomic E-state index is 7.01. The molecular formula is C139H105N5O3. The van der Waals surface area contributed by atoms with E-state index in [9.17, 15) is 0 Å². The lowest BCUT2D eigenvalue weighted by Crippen LogP contribution is -2.36. The van der Waals surface area contributed by atoms with Gasteiger partial charge in [-0.25, -0.2) is 0 Å². The second-order valence-corrected chi connectivity index (χ2v) is 38.3. The molecule has 0 saturated carbocycles. The standard InChI is InChI=1S/C77H51N3O2.C58H38N2O.4CH4/c1-48-24-6-16-38-63(48)79(67-42-22-34-57-53-30-12-20-44-71(53)81-75(57)67)69-46-61-73(55-32-10-8-28-51(55)69)74-56-33-11-9-29-52(56)70(80(64-39-17-7-25-49(64)2)68-43-23-35-58-54-31-13-21-45-72(54)82-76(58)68)47-62(74)77(61)59-36-14-18-40-65(59)78(50-26-4-3-5-27-50)66-41-19-15-37-60(66)77;1-37-18-16-27-44-45-28-17-33-52(57(45)61-56(37)44)60(40-22-6-3-7-23-40)53-36-49-55(43-26-11-10-25-42(43)53)54-41-24-9-8-19-38(41)34-35-48(54)58(49)46-29-12-14-31-50(46)59(39-20-4-2-5-21-39)51-32-15-13-30-47(51)58;;;;/h3-47H,1-2H3;2-36H,1H3;4*1H4. The molecule has 0 amide bonds. The molecule has 0 fully saturated rings. The first-order chi connectivity index (χ1) is 70.8. The Bertz CT molecular complexity index is 9450. The average Bonchev–Trinajstić information content (AvgIpc) is 1.50. The smallest absolute Gasteiger partial charge is 0.159 e. The van der Waals surface area contributed by atoms with E-state index >= 15 is 0 Å². The number of hydrogen-bond donors (Lipinski definition) is 0. The van der Waals surface area contributed by atoms with Crippen LogP contribution < -0.4 is 24.5 Å². The second-order valence-electron chi connectivity index (χ2n) is 38.3. The summed E-state index contributed by atoms with van der Waals surface area (Å²) in [6, 6.07) is 178. The summed E-state index contributed by atoms with van der Waals surface area (Å²) in [6.45, 7) is 6.58. The number of aryl methyl sites for hydroxylation is 3. The summed E-state index contributed by atoms with van der Waals surface area (Å²) in [6.07, 6.45) is 0. The molecule has 0 bridgehead atoms. The molecule has 0 N–H and O–H groups in total. The van der Waals surface area contributed by atoms with Crippen LogP contribution in [0.1, 0.15) is 90.9 Å². The van der Waals surface area contributed by atoms with E-state index in [1.165, 1.54) is 110 Å². The maximum atomic E-state index is 7.01. The van der Waals surface area contributed by atoms with Crippen LogP contribution in [0.2, 0.25) is 0 Å². The minimum absolute atomic E-state index is 0. The number of benzene rings is 23. The summed E-state index contributed by atoms with van der Waals surface area (Å²) < 4.78 is 21.0. The Morgan fingerprint density at radius 2 is 0.469 bits per heavy atom. The number of rotatable bonds is 11. The topological polar surface area (TPSA) is 55.6 Å². The number of fused-ring (bicyclic) bond motifs is 35. The number of furan rings is 3. The maximum Gasteiger partial charge on any atom is 0.159 e. The van der Waals surface area contributed by atoms with Crippen LogP contribution in [0.15, 0.2) is 499 Å². The zero-order valence-corrected chi connectivity index (χ0v) is 78.6. The monoisotopic (exact) mass is 1890 g/mol. The van der Waals surface area contributed by atoms with Gasteiger partial charge in [-0.2, -0.15) is 0 Å². The van der Waals surface area contributed by atoms with Crippen molar-refractivity contribution in [2.75, 3.05) is 24.5 Å². The summed E-state index contributed by atoms with van der Waals surface area (Å²) in [5.74, 6) is 0. The molecule has 26 aromatic rings. The minimum atomic E-state index is -0.883. The summed E-state index contributed by atoms with van der Waals surface area (Å²) in [4.78, 5) is 12.3. The van der Waals surface area contributed by atoms with E-state index in [-0.39, 0.29) is 29.7 Å². The van der Waals surface area contributed by atoms with Crippen molar-refractivity contribution in [2.24, 2.45) is 0 Å². The van der Waals surface area contributed by atoms with E-state index < -0.39 is 10.8 Å². The van der Waals surface area contributed by atoms with Crippen molar-refractivity contribution in [3.05, 3.63) is 547 Å². The molecule has 30 rings (SSSR count). The van der Waals surface area contributed by atoms with Crippen molar-refractivity contribution in [2.45, 2.75) is 61.3 Å². The first-order valence-corrected chi connectivity index (χ1v) is 49.4. The third-order valence-corrected chi connectivity index (χ3v) is 31.0. The molecule has 704 valence electrons. The van der Waals surface area contributed by atoms with Crippen LogP contribution in [0.5, 0.6) is 0 Å². The molecule has 23 aromatic carbocycles. The fourth-order valence-electron chi connectivity index (χ4n) is 25.2. The van der Waals surface area contributed by atoms with Crippen LogP contribution in [0.3, 0.4) is 0 Å². The van der Waals surface area contributed by atoms with E-state index in [2.05, 4.69) is 531 Å². The predicted molar refractivity (Wildman–Crippen MR) is 621 cm³/mol. The van der Waals surface area contributed by atoms with E-state index in [0.717, 1.165) is 167 Å². The predicted octanol–water partition coefficient (Wildman–Crippen LogP) is 39.9. The third kappa shape index (κ3) is 12.9. The van der Waals surface area contributed by atoms with Crippen LogP contribution >= 0.6 is 0 Å². The Balaban J connectivity index is 0.000000155. The van der Waals surface area contributed by atoms with Crippen molar-refractivity contribution in [3.63, 3.8) is 0 Å². The van der Waals surface area contributed by atoms with Gasteiger partial charge in [0.25, 0.3) is 0 Å². The lowest BCUT2D eigenvalue weighted by atomic mass is 9.64. The molecule has 2 aliphatic heterocycles. The van der Waals surface area contributed by atoms with E-state index in [0.29, 0.717) is 0 Å². The van der Waals surface area contributed by atoms with Gasteiger partial charge in [-0.3, -0.25) is 0 Å². The molecule has 0 radical (unpaired) electrons. The summed E-state index contributed by atoms with van der Waals surface area (Å²) >= 11 is 0. The van der Waals surface area contributed by atoms with Crippen molar-refractivity contribution in [1.29, 1.82) is 0 Å². The Hall–Kier alpha value is -18.5. The van der Waals surface area contributed by atoms with Gasteiger partial charge in [-0.05, 0) is 252 Å². The van der Waals surface area contributed by atoms with Gasteiger partial charge in [0.1, 0.15) is 16.7 Å². The van der Waals surface area contributed by atoms with Gasteiger partial charge < -0.3 is 37.8 Å². The first kappa shape index (κ1) is 89.8.